The van der Waals surface area contributed by atoms with E-state index in [2.05, 4.69) is 124 Å². The second kappa shape index (κ2) is 14.2. The topological polar surface area (TPSA) is 52.6 Å². The summed E-state index contributed by atoms with van der Waals surface area (Å²) in [6.07, 6.45) is 5.88. The fourth-order valence-corrected chi connectivity index (χ4v) is 12.0. The summed E-state index contributed by atoms with van der Waals surface area (Å²) in [6.45, 7) is 18.4. The zero-order valence-corrected chi connectivity index (χ0v) is 35.8. The Morgan fingerprint density at radius 1 is 0.482 bits per heavy atom. The van der Waals surface area contributed by atoms with Crippen LogP contribution in [0.15, 0.2) is 83.3 Å². The van der Waals surface area contributed by atoms with Crippen molar-refractivity contribution < 1.29 is 19.1 Å². The van der Waals surface area contributed by atoms with Gasteiger partial charge in [0, 0.05) is 20.7 Å². The smallest absolute Gasteiger partial charge is 0.339 e. The molecule has 0 atom stereocenters. The van der Waals surface area contributed by atoms with Crippen molar-refractivity contribution in [2.24, 2.45) is 0 Å². The van der Waals surface area contributed by atoms with Gasteiger partial charge in [-0.05, 0) is 164 Å². The van der Waals surface area contributed by atoms with E-state index in [-0.39, 0.29) is 29.5 Å². The van der Waals surface area contributed by atoms with Gasteiger partial charge in [-0.3, -0.25) is 0 Å². The standard InChI is InChI=1S/C51H53BrO4/c1-9-49(10-2)37-23-19-17-21-31(37)41-42-32-22-18-20-24-38(32)50(11-3,12-4)45(42)46-43(44(41)49)33-26-25-30(27-39(33)51(46,13-5)14-6)34-28-36(48(54)56-16-8)40(52)29-35(34)47(53)55-15-7/h17-29H,9-16H2,1-8H3. The first kappa shape index (κ1) is 38.4. The summed E-state index contributed by atoms with van der Waals surface area (Å²) in [7, 11) is 0. The molecule has 0 unspecified atom stereocenters. The van der Waals surface area contributed by atoms with E-state index >= 15 is 0 Å². The number of halogens is 1. The Kier molecular flexibility index (Phi) is 9.71. The summed E-state index contributed by atoms with van der Waals surface area (Å²) < 4.78 is 11.6. The molecule has 288 valence electrons. The Balaban J connectivity index is 1.53. The fourth-order valence-electron chi connectivity index (χ4n) is 11.5. The van der Waals surface area contributed by atoms with E-state index < -0.39 is 11.9 Å². The first-order chi connectivity index (χ1) is 27.1. The molecule has 0 saturated heterocycles. The van der Waals surface area contributed by atoms with Gasteiger partial charge in [-0.1, -0.05) is 102 Å². The highest BCUT2D eigenvalue weighted by Crippen LogP contribution is 2.70. The third kappa shape index (κ3) is 4.88. The minimum Gasteiger partial charge on any atom is -0.462 e. The van der Waals surface area contributed by atoms with E-state index in [4.69, 9.17) is 9.47 Å². The van der Waals surface area contributed by atoms with Crippen LogP contribution < -0.4 is 0 Å². The number of carbonyl (C=O) groups excluding carboxylic acids is 2. The van der Waals surface area contributed by atoms with Crippen LogP contribution in [0.1, 0.15) is 148 Å². The molecule has 0 spiro atoms. The molecule has 0 saturated carbocycles. The van der Waals surface area contributed by atoms with Gasteiger partial charge in [0.15, 0.2) is 0 Å². The van der Waals surface area contributed by atoms with Gasteiger partial charge in [0.05, 0.1) is 24.3 Å². The molecule has 0 fully saturated rings. The number of ether oxygens (including phenoxy) is 2. The molecule has 5 heteroatoms. The molecule has 8 rings (SSSR count). The Morgan fingerprint density at radius 2 is 0.929 bits per heavy atom. The third-order valence-corrected chi connectivity index (χ3v) is 14.9. The van der Waals surface area contributed by atoms with Crippen molar-refractivity contribution in [1.82, 2.24) is 0 Å². The van der Waals surface area contributed by atoms with Crippen molar-refractivity contribution in [2.75, 3.05) is 13.2 Å². The van der Waals surface area contributed by atoms with Gasteiger partial charge in [-0.2, -0.15) is 0 Å². The lowest BCUT2D eigenvalue weighted by atomic mass is 9.63. The van der Waals surface area contributed by atoms with Crippen molar-refractivity contribution in [3.63, 3.8) is 0 Å². The molecule has 0 bridgehead atoms. The Bertz CT molecular complexity index is 2420. The molecular formula is C51H53BrO4. The van der Waals surface area contributed by atoms with Crippen LogP contribution in [0.5, 0.6) is 0 Å². The molecule has 0 aliphatic heterocycles. The number of fused-ring (bicyclic) bond motifs is 12. The van der Waals surface area contributed by atoms with Crippen molar-refractivity contribution in [1.29, 1.82) is 0 Å². The maximum atomic E-state index is 13.6. The Hall–Kier alpha value is -4.48. The highest BCUT2D eigenvalue weighted by Gasteiger charge is 2.56. The molecule has 0 amide bonds. The van der Waals surface area contributed by atoms with Crippen LogP contribution in [0, 0.1) is 0 Å². The molecule has 0 aromatic heterocycles. The van der Waals surface area contributed by atoms with Gasteiger partial charge >= 0.3 is 11.9 Å². The number of hydrogen-bond donors (Lipinski definition) is 0. The molecule has 56 heavy (non-hydrogen) atoms. The molecule has 0 N–H and O–H groups in total. The van der Waals surface area contributed by atoms with Crippen LogP contribution in [-0.2, 0) is 25.7 Å². The quantitative estimate of drug-likeness (QED) is 0.125. The lowest BCUT2D eigenvalue weighted by Gasteiger charge is -2.39. The van der Waals surface area contributed by atoms with E-state index in [1.165, 1.54) is 66.8 Å². The van der Waals surface area contributed by atoms with E-state index in [0.29, 0.717) is 21.2 Å². The summed E-state index contributed by atoms with van der Waals surface area (Å²) in [5, 5.41) is 0. The highest BCUT2D eigenvalue weighted by atomic mass is 79.9. The largest absolute Gasteiger partial charge is 0.462 e. The van der Waals surface area contributed by atoms with E-state index in [1.54, 1.807) is 19.1 Å². The van der Waals surface area contributed by atoms with E-state index in [1.807, 2.05) is 6.92 Å². The summed E-state index contributed by atoms with van der Waals surface area (Å²) in [5.41, 5.74) is 18.9. The number of carbonyl (C=O) groups is 2. The van der Waals surface area contributed by atoms with E-state index in [0.717, 1.165) is 44.1 Å². The van der Waals surface area contributed by atoms with Crippen molar-refractivity contribution in [2.45, 2.75) is 110 Å². The molecule has 5 aromatic carbocycles. The minimum absolute atomic E-state index is 0.137. The van der Waals surface area contributed by atoms with Crippen LogP contribution in [0.3, 0.4) is 0 Å². The first-order valence-electron chi connectivity index (χ1n) is 20.9. The van der Waals surface area contributed by atoms with Gasteiger partial charge in [0.1, 0.15) is 0 Å². The van der Waals surface area contributed by atoms with E-state index in [9.17, 15) is 9.59 Å². The number of hydrogen-bond acceptors (Lipinski definition) is 4. The second-order valence-electron chi connectivity index (χ2n) is 15.8. The third-order valence-electron chi connectivity index (χ3n) is 14.2. The molecule has 5 aromatic rings. The van der Waals surface area contributed by atoms with Gasteiger partial charge in [-0.25, -0.2) is 9.59 Å². The zero-order chi connectivity index (χ0) is 39.7. The van der Waals surface area contributed by atoms with Gasteiger partial charge in [0.25, 0.3) is 0 Å². The molecular weight excluding hydrogens is 756 g/mol. The zero-order valence-electron chi connectivity index (χ0n) is 34.2. The van der Waals surface area contributed by atoms with Crippen LogP contribution in [-0.4, -0.2) is 25.2 Å². The SMILES string of the molecule is CCOC(=O)c1cc(-c2ccc3c(c2)C(CC)(CC)c2c-3c3c(c4c2C(CC)(CC)c2ccccc2-4)-c2ccccc2C3(CC)CC)c(C(=O)OCC)cc1Br. The molecule has 3 aliphatic carbocycles. The maximum absolute atomic E-state index is 13.6. The maximum Gasteiger partial charge on any atom is 0.339 e. The van der Waals surface area contributed by atoms with Gasteiger partial charge in [-0.15, -0.1) is 0 Å². The number of benzene rings is 5. The lowest BCUT2D eigenvalue weighted by Crippen LogP contribution is -2.32. The van der Waals surface area contributed by atoms with Gasteiger partial charge in [0.2, 0.25) is 0 Å². The summed E-state index contributed by atoms with van der Waals surface area (Å²) in [5.74, 6) is -0.852. The lowest BCUT2D eigenvalue weighted by molar-refractivity contribution is 0.0511. The molecule has 0 radical (unpaired) electrons. The predicted molar refractivity (Wildman–Crippen MR) is 232 cm³/mol. The monoisotopic (exact) mass is 808 g/mol. The van der Waals surface area contributed by atoms with Crippen LogP contribution in [0.2, 0.25) is 0 Å². The van der Waals surface area contributed by atoms with Crippen LogP contribution in [0.25, 0.3) is 44.5 Å². The molecule has 4 nitrogen and oxygen atoms in total. The Morgan fingerprint density at radius 3 is 1.46 bits per heavy atom. The summed E-state index contributed by atoms with van der Waals surface area (Å²) >= 11 is 3.58. The summed E-state index contributed by atoms with van der Waals surface area (Å²) in [6, 6.07) is 28.8. The molecule has 0 heterocycles. The molecule has 3 aliphatic rings. The normalized spacial score (nSPS) is 15.7. The predicted octanol–water partition coefficient (Wildman–Crippen LogP) is 13.7. The van der Waals surface area contributed by atoms with Crippen molar-refractivity contribution >= 4 is 27.9 Å². The van der Waals surface area contributed by atoms with Gasteiger partial charge < -0.3 is 9.47 Å². The number of esters is 2. The van der Waals surface area contributed by atoms with Crippen molar-refractivity contribution in [3.05, 3.63) is 128 Å². The summed E-state index contributed by atoms with van der Waals surface area (Å²) in [4.78, 5) is 26.9. The number of rotatable bonds is 11. The van der Waals surface area contributed by atoms with Crippen LogP contribution >= 0.6 is 15.9 Å². The highest BCUT2D eigenvalue weighted by molar-refractivity contribution is 9.10. The average Bonchev–Trinajstić information content (AvgIpc) is 3.80. The Labute approximate surface area is 341 Å². The fraction of sp³-hybridized carbons (Fsp3) is 0.373. The van der Waals surface area contributed by atoms with Crippen LogP contribution in [0.4, 0.5) is 0 Å². The average molecular weight is 810 g/mol. The second-order valence-corrected chi connectivity index (χ2v) is 16.6. The van der Waals surface area contributed by atoms with Crippen molar-refractivity contribution in [3.8, 4) is 44.5 Å². The minimum atomic E-state index is -0.433. The first-order valence-corrected chi connectivity index (χ1v) is 21.7.